The van der Waals surface area contributed by atoms with Gasteiger partial charge in [0.15, 0.2) is 0 Å². The summed E-state index contributed by atoms with van der Waals surface area (Å²) in [6, 6.07) is 7.39. The zero-order valence-corrected chi connectivity index (χ0v) is 15.5. The first kappa shape index (κ1) is 19.5. The minimum atomic E-state index is -3.32. The van der Waals surface area contributed by atoms with Crippen molar-refractivity contribution in [2.75, 3.05) is 39.6 Å². The van der Waals surface area contributed by atoms with Gasteiger partial charge in [0.1, 0.15) is 5.75 Å². The highest BCUT2D eigenvalue weighted by atomic mass is 32.2. The highest BCUT2D eigenvalue weighted by Gasteiger charge is 2.24. The fourth-order valence-electron chi connectivity index (χ4n) is 2.81. The van der Waals surface area contributed by atoms with E-state index >= 15 is 0 Å². The Bertz CT molecular complexity index is 652. The van der Waals surface area contributed by atoms with Crippen LogP contribution in [0.2, 0.25) is 0 Å². The van der Waals surface area contributed by atoms with Crippen molar-refractivity contribution in [1.82, 2.24) is 9.62 Å². The average Bonchev–Trinajstić information content (AvgIpc) is 2.65. The molecule has 7 nitrogen and oxygen atoms in total. The van der Waals surface area contributed by atoms with Crippen molar-refractivity contribution >= 4 is 16.1 Å². The summed E-state index contributed by atoms with van der Waals surface area (Å²) in [5.41, 5.74) is 0.956. The number of nitrogens with one attached hydrogen (secondary N) is 1. The predicted octanol–water partition coefficient (Wildman–Crippen LogP) is 1.64. The number of ether oxygens (including phenoxy) is 2. The number of hydrogen-bond acceptors (Lipinski definition) is 5. The quantitative estimate of drug-likeness (QED) is 0.789. The van der Waals surface area contributed by atoms with Crippen molar-refractivity contribution in [3.63, 3.8) is 0 Å². The lowest BCUT2D eigenvalue weighted by atomic mass is 9.97. The van der Waals surface area contributed by atoms with Gasteiger partial charge < -0.3 is 14.4 Å². The third kappa shape index (κ3) is 6.21. The molecule has 1 aliphatic heterocycles. The van der Waals surface area contributed by atoms with E-state index in [4.69, 9.17) is 9.47 Å². The fraction of sp³-hybridized carbons (Fsp3) is 0.588. The highest BCUT2D eigenvalue weighted by molar-refractivity contribution is 7.89. The molecule has 1 N–H and O–H groups in total. The molecule has 1 aliphatic rings. The van der Waals surface area contributed by atoms with Gasteiger partial charge in [0.05, 0.1) is 20.0 Å². The molecule has 0 unspecified atom stereocenters. The number of nitrogens with zero attached hydrogens (tertiary/aromatic N) is 1. The molecule has 0 radical (unpaired) electrons. The standard InChI is InChI=1S/C17H26N2O5S/c1-23-16-5-3-14(4-6-16)9-12-25(21,22)18-13-15-7-10-19(11-8-15)17(20)24-2/h3-6,15,18H,7-13H2,1-2H3. The summed E-state index contributed by atoms with van der Waals surface area (Å²) < 4.78 is 36.8. The van der Waals surface area contributed by atoms with Crippen LogP contribution >= 0.6 is 0 Å². The van der Waals surface area contributed by atoms with Crippen molar-refractivity contribution in [2.45, 2.75) is 19.3 Å². The molecule has 0 saturated carbocycles. The molecule has 1 aromatic carbocycles. The topological polar surface area (TPSA) is 84.9 Å². The van der Waals surface area contributed by atoms with Crippen molar-refractivity contribution in [2.24, 2.45) is 5.92 Å². The van der Waals surface area contributed by atoms with Crippen molar-refractivity contribution in [3.8, 4) is 5.75 Å². The molecule has 1 aromatic rings. The summed E-state index contributed by atoms with van der Waals surface area (Å²) in [5.74, 6) is 1.06. The van der Waals surface area contributed by atoms with E-state index in [1.54, 1.807) is 12.0 Å². The molecule has 1 fully saturated rings. The molecule has 0 aromatic heterocycles. The van der Waals surface area contributed by atoms with Gasteiger partial charge in [-0.2, -0.15) is 0 Å². The van der Waals surface area contributed by atoms with Gasteiger partial charge in [0, 0.05) is 19.6 Å². The number of benzene rings is 1. The molecule has 1 amide bonds. The van der Waals surface area contributed by atoms with E-state index in [2.05, 4.69) is 4.72 Å². The fourth-order valence-corrected chi connectivity index (χ4v) is 3.95. The summed E-state index contributed by atoms with van der Waals surface area (Å²) in [6.07, 6.45) is 1.69. The van der Waals surface area contributed by atoms with Crippen LogP contribution in [-0.4, -0.2) is 59.0 Å². The second kappa shape index (κ2) is 9.05. The van der Waals surface area contributed by atoms with Crippen LogP contribution in [0.25, 0.3) is 0 Å². The number of aryl methyl sites for hydroxylation is 1. The molecule has 0 spiro atoms. The third-order valence-electron chi connectivity index (χ3n) is 4.46. The molecule has 0 atom stereocenters. The molecule has 0 aliphatic carbocycles. The minimum Gasteiger partial charge on any atom is -0.497 e. The zero-order valence-electron chi connectivity index (χ0n) is 14.7. The first-order valence-electron chi connectivity index (χ1n) is 8.36. The van der Waals surface area contributed by atoms with Gasteiger partial charge in [-0.3, -0.25) is 0 Å². The van der Waals surface area contributed by atoms with Gasteiger partial charge in [-0.25, -0.2) is 17.9 Å². The number of carbonyl (C=O) groups excluding carboxylic acids is 1. The van der Waals surface area contributed by atoms with E-state index in [9.17, 15) is 13.2 Å². The maximum atomic E-state index is 12.2. The number of likely N-dealkylation sites (tertiary alicyclic amines) is 1. The summed E-state index contributed by atoms with van der Waals surface area (Å²) >= 11 is 0. The number of methoxy groups -OCH3 is 2. The molecule has 1 heterocycles. The third-order valence-corrected chi connectivity index (χ3v) is 5.81. The van der Waals surface area contributed by atoms with Gasteiger partial charge in [-0.15, -0.1) is 0 Å². The summed E-state index contributed by atoms with van der Waals surface area (Å²) in [7, 11) is -0.353. The Kier molecular flexibility index (Phi) is 7.07. The van der Waals surface area contributed by atoms with E-state index in [0.29, 0.717) is 26.1 Å². The van der Waals surface area contributed by atoms with Crippen LogP contribution in [-0.2, 0) is 21.2 Å². The van der Waals surface area contributed by atoms with Gasteiger partial charge in [-0.05, 0) is 42.9 Å². The second-order valence-corrected chi connectivity index (χ2v) is 8.09. The molecule has 25 heavy (non-hydrogen) atoms. The zero-order chi connectivity index (χ0) is 18.3. The maximum Gasteiger partial charge on any atom is 0.409 e. The number of hydrogen-bond donors (Lipinski definition) is 1. The number of piperidine rings is 1. The lowest BCUT2D eigenvalue weighted by Gasteiger charge is -2.30. The molecule has 1 saturated heterocycles. The Morgan fingerprint density at radius 3 is 2.40 bits per heavy atom. The van der Waals surface area contributed by atoms with Crippen LogP contribution in [0.1, 0.15) is 18.4 Å². The van der Waals surface area contributed by atoms with E-state index < -0.39 is 10.0 Å². The Morgan fingerprint density at radius 2 is 1.84 bits per heavy atom. The number of amides is 1. The van der Waals surface area contributed by atoms with Crippen LogP contribution in [0.4, 0.5) is 4.79 Å². The van der Waals surface area contributed by atoms with Gasteiger partial charge >= 0.3 is 6.09 Å². The smallest absolute Gasteiger partial charge is 0.409 e. The van der Waals surface area contributed by atoms with Crippen LogP contribution in [0.15, 0.2) is 24.3 Å². The summed E-state index contributed by atoms with van der Waals surface area (Å²) in [5, 5.41) is 0. The molecule has 140 valence electrons. The summed E-state index contributed by atoms with van der Waals surface area (Å²) in [6.45, 7) is 1.62. The van der Waals surface area contributed by atoms with Gasteiger partial charge in [0.25, 0.3) is 0 Å². The number of carbonyl (C=O) groups is 1. The van der Waals surface area contributed by atoms with Gasteiger partial charge in [0.2, 0.25) is 10.0 Å². The highest BCUT2D eigenvalue weighted by Crippen LogP contribution is 2.17. The summed E-state index contributed by atoms with van der Waals surface area (Å²) in [4.78, 5) is 13.1. The Labute approximate surface area is 149 Å². The molecule has 0 bridgehead atoms. The largest absolute Gasteiger partial charge is 0.497 e. The van der Waals surface area contributed by atoms with E-state index in [-0.39, 0.29) is 17.8 Å². The minimum absolute atomic E-state index is 0.0559. The number of sulfonamides is 1. The van der Waals surface area contributed by atoms with Gasteiger partial charge in [-0.1, -0.05) is 12.1 Å². The van der Waals surface area contributed by atoms with Crippen LogP contribution < -0.4 is 9.46 Å². The predicted molar refractivity (Wildman–Crippen MR) is 95.2 cm³/mol. The Morgan fingerprint density at radius 1 is 1.20 bits per heavy atom. The van der Waals surface area contributed by atoms with E-state index in [0.717, 1.165) is 24.2 Å². The van der Waals surface area contributed by atoms with Crippen molar-refractivity contribution < 1.29 is 22.7 Å². The molecular weight excluding hydrogens is 344 g/mol. The van der Waals surface area contributed by atoms with Crippen molar-refractivity contribution in [3.05, 3.63) is 29.8 Å². The van der Waals surface area contributed by atoms with Crippen LogP contribution in [0.5, 0.6) is 5.75 Å². The van der Waals surface area contributed by atoms with Crippen LogP contribution in [0.3, 0.4) is 0 Å². The van der Waals surface area contributed by atoms with E-state index in [1.807, 2.05) is 24.3 Å². The Balaban J connectivity index is 1.73. The number of rotatable bonds is 7. The second-order valence-electron chi connectivity index (χ2n) is 6.17. The molecule has 8 heteroatoms. The molecule has 2 rings (SSSR count). The Hall–Kier alpha value is -1.80. The van der Waals surface area contributed by atoms with Crippen molar-refractivity contribution in [1.29, 1.82) is 0 Å². The van der Waals surface area contributed by atoms with Crippen LogP contribution in [0, 0.1) is 5.92 Å². The van der Waals surface area contributed by atoms with E-state index in [1.165, 1.54) is 7.11 Å². The molecular formula is C17H26N2O5S. The maximum absolute atomic E-state index is 12.2. The normalized spacial score (nSPS) is 15.8. The first-order valence-corrected chi connectivity index (χ1v) is 10.0. The average molecular weight is 370 g/mol. The lowest BCUT2D eigenvalue weighted by molar-refractivity contribution is 0.106. The first-order chi connectivity index (χ1) is 11.9. The monoisotopic (exact) mass is 370 g/mol. The SMILES string of the molecule is COC(=O)N1CCC(CNS(=O)(=O)CCc2ccc(OC)cc2)CC1. The lowest BCUT2D eigenvalue weighted by Crippen LogP contribution is -2.41.